The second-order valence-electron chi connectivity index (χ2n) is 3.91. The van der Waals surface area contributed by atoms with Crippen molar-refractivity contribution in [2.24, 2.45) is 0 Å². The number of carbonyl (C=O) groups is 1. The molecule has 0 heterocycles. The molecular weight excluding hydrogens is 349 g/mol. The highest BCUT2D eigenvalue weighted by molar-refractivity contribution is 9.10. The van der Waals surface area contributed by atoms with E-state index in [-0.39, 0.29) is 5.91 Å². The summed E-state index contributed by atoms with van der Waals surface area (Å²) in [5.74, 6) is 0.254. The van der Waals surface area contributed by atoms with Crippen LogP contribution in [0.4, 0.5) is 5.69 Å². The smallest absolute Gasteiger partial charge is 0.255 e. The molecule has 0 atom stereocenters. The van der Waals surface area contributed by atoms with Crippen molar-refractivity contribution in [1.82, 2.24) is 0 Å². The zero-order valence-corrected chi connectivity index (χ0v) is 12.9. The summed E-state index contributed by atoms with van der Waals surface area (Å²) in [5.41, 5.74) is 2.21. The minimum absolute atomic E-state index is 0.181. The van der Waals surface area contributed by atoms with Crippen molar-refractivity contribution < 1.29 is 4.79 Å². The van der Waals surface area contributed by atoms with Crippen LogP contribution in [0.25, 0.3) is 0 Å². The number of hydrogen-bond acceptors (Lipinski definition) is 1. The predicted octanol–water partition coefficient (Wildman–Crippen LogP) is 5.09. The molecule has 0 saturated heterocycles. The molecule has 0 aliphatic heterocycles. The van der Waals surface area contributed by atoms with Crippen LogP contribution in [0.15, 0.2) is 46.9 Å². The van der Waals surface area contributed by atoms with E-state index < -0.39 is 0 Å². The average molecular weight is 359 g/mol. The molecule has 5 heteroatoms. The average Bonchev–Trinajstić information content (AvgIpc) is 2.43. The Hall–Kier alpha value is -1.03. The first-order valence-electron chi connectivity index (χ1n) is 5.51. The van der Waals surface area contributed by atoms with Crippen molar-refractivity contribution >= 4 is 50.7 Å². The Morgan fingerprint density at radius 3 is 2.42 bits per heavy atom. The second kappa shape index (κ2) is 6.42. The number of rotatable bonds is 3. The monoisotopic (exact) mass is 357 g/mol. The number of alkyl halides is 1. The van der Waals surface area contributed by atoms with E-state index in [4.69, 9.17) is 23.2 Å². The minimum Gasteiger partial charge on any atom is -0.322 e. The van der Waals surface area contributed by atoms with Crippen LogP contribution in [0, 0.1) is 0 Å². The Morgan fingerprint density at radius 1 is 1.16 bits per heavy atom. The van der Waals surface area contributed by atoms with Gasteiger partial charge in [-0.05, 0) is 51.8 Å². The standard InChI is InChI=1S/C14H10BrCl2NO/c15-12-6-5-11(7-13(12)17)18-14(19)10-3-1-9(8-16)2-4-10/h1-7H,8H2,(H,18,19). The maximum absolute atomic E-state index is 12.0. The van der Waals surface area contributed by atoms with Gasteiger partial charge in [-0.3, -0.25) is 4.79 Å². The number of benzene rings is 2. The fourth-order valence-electron chi connectivity index (χ4n) is 1.52. The quantitative estimate of drug-likeness (QED) is 0.760. The van der Waals surface area contributed by atoms with Crippen LogP contribution in [-0.4, -0.2) is 5.91 Å². The van der Waals surface area contributed by atoms with Gasteiger partial charge in [-0.2, -0.15) is 0 Å². The summed E-state index contributed by atoms with van der Waals surface area (Å²) < 4.78 is 0.790. The summed E-state index contributed by atoms with van der Waals surface area (Å²) in [6, 6.07) is 12.4. The SMILES string of the molecule is O=C(Nc1ccc(Br)c(Cl)c1)c1ccc(CCl)cc1. The van der Waals surface area contributed by atoms with Gasteiger partial charge in [0.2, 0.25) is 0 Å². The summed E-state index contributed by atoms with van der Waals surface area (Å²) >= 11 is 15.0. The van der Waals surface area contributed by atoms with Gasteiger partial charge in [-0.15, -0.1) is 11.6 Å². The molecule has 0 spiro atoms. The topological polar surface area (TPSA) is 29.1 Å². The van der Waals surface area contributed by atoms with Crippen molar-refractivity contribution in [3.05, 3.63) is 63.1 Å². The van der Waals surface area contributed by atoms with Crippen LogP contribution in [0.1, 0.15) is 15.9 Å². The van der Waals surface area contributed by atoms with E-state index in [1.165, 1.54) is 0 Å². The van der Waals surface area contributed by atoms with E-state index in [0.29, 0.717) is 22.2 Å². The third-order valence-electron chi connectivity index (χ3n) is 2.55. The van der Waals surface area contributed by atoms with Gasteiger partial charge in [0, 0.05) is 21.6 Å². The molecule has 98 valence electrons. The van der Waals surface area contributed by atoms with Gasteiger partial charge in [0.25, 0.3) is 5.91 Å². The number of halogens is 3. The second-order valence-corrected chi connectivity index (χ2v) is 5.44. The molecule has 0 radical (unpaired) electrons. The predicted molar refractivity (Wildman–Crippen MR) is 83.1 cm³/mol. The van der Waals surface area contributed by atoms with Crippen LogP contribution in [-0.2, 0) is 5.88 Å². The third kappa shape index (κ3) is 3.72. The van der Waals surface area contributed by atoms with E-state index in [1.54, 1.807) is 30.3 Å². The molecule has 0 aliphatic rings. The molecule has 0 aliphatic carbocycles. The lowest BCUT2D eigenvalue weighted by atomic mass is 10.1. The van der Waals surface area contributed by atoms with Crippen LogP contribution < -0.4 is 5.32 Å². The van der Waals surface area contributed by atoms with E-state index in [2.05, 4.69) is 21.2 Å². The van der Waals surface area contributed by atoms with E-state index in [9.17, 15) is 4.79 Å². The summed E-state index contributed by atoms with van der Waals surface area (Å²) in [5, 5.41) is 3.34. The number of hydrogen-bond donors (Lipinski definition) is 1. The fraction of sp³-hybridized carbons (Fsp3) is 0.0714. The molecule has 0 saturated carbocycles. The minimum atomic E-state index is -0.181. The summed E-state index contributed by atoms with van der Waals surface area (Å²) in [6.07, 6.45) is 0. The Balaban J connectivity index is 2.13. The van der Waals surface area contributed by atoms with Gasteiger partial charge < -0.3 is 5.32 Å². The number of anilines is 1. The van der Waals surface area contributed by atoms with Crippen molar-refractivity contribution in [3.8, 4) is 0 Å². The molecule has 0 fully saturated rings. The maximum atomic E-state index is 12.0. The van der Waals surface area contributed by atoms with E-state index in [0.717, 1.165) is 10.0 Å². The van der Waals surface area contributed by atoms with Crippen LogP contribution >= 0.6 is 39.1 Å². The Labute approximate surface area is 129 Å². The van der Waals surface area contributed by atoms with Gasteiger partial charge in [0.05, 0.1) is 5.02 Å². The van der Waals surface area contributed by atoms with Gasteiger partial charge in [-0.1, -0.05) is 23.7 Å². The molecule has 0 aromatic heterocycles. The zero-order valence-electron chi connectivity index (χ0n) is 9.79. The first-order valence-corrected chi connectivity index (χ1v) is 7.22. The molecule has 2 nitrogen and oxygen atoms in total. The lowest BCUT2D eigenvalue weighted by molar-refractivity contribution is 0.102. The molecule has 1 amide bonds. The molecule has 19 heavy (non-hydrogen) atoms. The molecular formula is C14H10BrCl2NO. The maximum Gasteiger partial charge on any atom is 0.255 e. The highest BCUT2D eigenvalue weighted by Crippen LogP contribution is 2.25. The molecule has 1 N–H and O–H groups in total. The van der Waals surface area contributed by atoms with Crippen molar-refractivity contribution in [2.45, 2.75) is 5.88 Å². The molecule has 0 unspecified atom stereocenters. The van der Waals surface area contributed by atoms with Crippen LogP contribution in [0.5, 0.6) is 0 Å². The third-order valence-corrected chi connectivity index (χ3v) is 4.09. The zero-order chi connectivity index (χ0) is 13.8. The highest BCUT2D eigenvalue weighted by atomic mass is 79.9. The largest absolute Gasteiger partial charge is 0.322 e. The van der Waals surface area contributed by atoms with Gasteiger partial charge in [0.1, 0.15) is 0 Å². The molecule has 2 aromatic carbocycles. The number of carbonyl (C=O) groups excluding carboxylic acids is 1. The van der Waals surface area contributed by atoms with E-state index in [1.807, 2.05) is 12.1 Å². The van der Waals surface area contributed by atoms with Gasteiger partial charge in [-0.25, -0.2) is 0 Å². The van der Waals surface area contributed by atoms with Crippen molar-refractivity contribution in [2.75, 3.05) is 5.32 Å². The Morgan fingerprint density at radius 2 is 1.84 bits per heavy atom. The van der Waals surface area contributed by atoms with Crippen molar-refractivity contribution in [3.63, 3.8) is 0 Å². The normalized spacial score (nSPS) is 10.3. The first-order chi connectivity index (χ1) is 9.10. The summed E-state index contributed by atoms with van der Waals surface area (Å²) in [6.45, 7) is 0. The summed E-state index contributed by atoms with van der Waals surface area (Å²) in [4.78, 5) is 12.0. The Bertz CT molecular complexity index is 599. The van der Waals surface area contributed by atoms with Gasteiger partial charge in [0.15, 0.2) is 0 Å². The Kier molecular flexibility index (Phi) is 4.86. The fourth-order valence-corrected chi connectivity index (χ4v) is 2.13. The van der Waals surface area contributed by atoms with Crippen LogP contribution in [0.3, 0.4) is 0 Å². The molecule has 2 rings (SSSR count). The number of nitrogens with one attached hydrogen (secondary N) is 1. The molecule has 0 bridgehead atoms. The lowest BCUT2D eigenvalue weighted by Crippen LogP contribution is -2.11. The lowest BCUT2D eigenvalue weighted by Gasteiger charge is -2.07. The van der Waals surface area contributed by atoms with Crippen LogP contribution in [0.2, 0.25) is 5.02 Å². The summed E-state index contributed by atoms with van der Waals surface area (Å²) in [7, 11) is 0. The van der Waals surface area contributed by atoms with Crippen molar-refractivity contribution in [1.29, 1.82) is 0 Å². The van der Waals surface area contributed by atoms with Gasteiger partial charge >= 0.3 is 0 Å². The molecule has 2 aromatic rings. The number of amides is 1. The highest BCUT2D eigenvalue weighted by Gasteiger charge is 2.07. The first kappa shape index (κ1) is 14.4. The van der Waals surface area contributed by atoms with E-state index >= 15 is 0 Å².